The Kier molecular flexibility index (Phi) is 6.40. The van der Waals surface area contributed by atoms with E-state index in [0.29, 0.717) is 5.56 Å². The van der Waals surface area contributed by atoms with Crippen molar-refractivity contribution in [2.75, 3.05) is 29.1 Å². The molecule has 0 atom stereocenters. The monoisotopic (exact) mass is 383 g/mol. The van der Waals surface area contributed by atoms with Crippen LogP contribution < -0.4 is 16.0 Å². The molecule has 2 amide bonds. The quantitative estimate of drug-likeness (QED) is 0.745. The summed E-state index contributed by atoms with van der Waals surface area (Å²) < 4.78 is 0. The van der Waals surface area contributed by atoms with Crippen LogP contribution >= 0.6 is 11.8 Å². The molecule has 2 aromatic rings. The third kappa shape index (κ3) is 5.26. The van der Waals surface area contributed by atoms with Gasteiger partial charge in [0.1, 0.15) is 0 Å². The first-order chi connectivity index (χ1) is 13.0. The van der Waals surface area contributed by atoms with E-state index in [1.807, 2.05) is 30.3 Å². The summed E-state index contributed by atoms with van der Waals surface area (Å²) in [5.74, 6) is 0.348. The summed E-state index contributed by atoms with van der Waals surface area (Å²) in [6, 6.07) is 15.2. The first-order valence-electron chi connectivity index (χ1n) is 9.19. The molecule has 0 aliphatic carbocycles. The average molecular weight is 384 g/mol. The van der Waals surface area contributed by atoms with Crippen LogP contribution in [0, 0.1) is 5.92 Å². The smallest absolute Gasteiger partial charge is 0.256 e. The Morgan fingerprint density at radius 2 is 1.78 bits per heavy atom. The number of hydrogen-bond acceptors (Lipinski definition) is 4. The van der Waals surface area contributed by atoms with Crippen LogP contribution in [0.15, 0.2) is 53.4 Å². The first kappa shape index (κ1) is 19.3. The van der Waals surface area contributed by atoms with Gasteiger partial charge < -0.3 is 16.0 Å². The number of nitrogens with zero attached hydrogens (tertiary/aromatic N) is 1. The molecular formula is C21H25N3O2S. The van der Waals surface area contributed by atoms with Crippen molar-refractivity contribution in [3.05, 3.63) is 54.1 Å². The molecule has 5 nitrogen and oxygen atoms in total. The Labute approximate surface area is 164 Å². The summed E-state index contributed by atoms with van der Waals surface area (Å²) in [5.41, 5.74) is 7.69. The van der Waals surface area contributed by atoms with E-state index in [4.69, 9.17) is 5.73 Å². The van der Waals surface area contributed by atoms with Crippen molar-refractivity contribution in [2.45, 2.75) is 24.7 Å². The Bertz CT molecular complexity index is 799. The summed E-state index contributed by atoms with van der Waals surface area (Å²) in [4.78, 5) is 26.8. The zero-order chi connectivity index (χ0) is 19.2. The molecule has 3 N–H and O–H groups in total. The number of anilines is 2. The standard InChI is InChI=1S/C21H25N3O2S/c1-15-10-12-24(13-11-15)17-8-6-16(7-9-17)23-21(26)18-4-2-3-5-19(18)27-14-20(22)25/h2-9,15H,10-14H2,1H3,(H2,22,25)(H,23,26). The second-order valence-corrected chi connectivity index (χ2v) is 7.94. The number of amides is 2. The molecule has 27 heavy (non-hydrogen) atoms. The van der Waals surface area contributed by atoms with E-state index in [0.717, 1.165) is 29.6 Å². The molecule has 1 fully saturated rings. The van der Waals surface area contributed by atoms with Crippen molar-refractivity contribution in [3.8, 4) is 0 Å². The zero-order valence-electron chi connectivity index (χ0n) is 15.5. The van der Waals surface area contributed by atoms with E-state index in [-0.39, 0.29) is 11.7 Å². The number of carbonyl (C=O) groups is 2. The molecule has 0 radical (unpaired) electrons. The minimum Gasteiger partial charge on any atom is -0.372 e. The maximum absolute atomic E-state index is 12.7. The van der Waals surface area contributed by atoms with E-state index >= 15 is 0 Å². The molecule has 1 saturated heterocycles. The molecule has 0 saturated carbocycles. The van der Waals surface area contributed by atoms with Crippen molar-refractivity contribution >= 4 is 35.0 Å². The van der Waals surface area contributed by atoms with Crippen molar-refractivity contribution in [1.82, 2.24) is 0 Å². The van der Waals surface area contributed by atoms with Gasteiger partial charge in [-0.1, -0.05) is 19.1 Å². The second-order valence-electron chi connectivity index (χ2n) is 6.92. The minimum absolute atomic E-state index is 0.146. The predicted octanol–water partition coefficient (Wildman–Crippen LogP) is 3.75. The van der Waals surface area contributed by atoms with E-state index in [1.165, 1.54) is 30.3 Å². The van der Waals surface area contributed by atoms with Crippen LogP contribution in [0.5, 0.6) is 0 Å². The summed E-state index contributed by atoms with van der Waals surface area (Å²) in [6.07, 6.45) is 2.44. The number of primary amides is 1. The molecule has 0 bridgehead atoms. The van der Waals surface area contributed by atoms with Crippen LogP contribution in [0.3, 0.4) is 0 Å². The fraction of sp³-hybridized carbons (Fsp3) is 0.333. The normalized spacial score (nSPS) is 14.8. The molecule has 0 spiro atoms. The molecule has 1 heterocycles. The lowest BCUT2D eigenvalue weighted by molar-refractivity contribution is -0.115. The number of rotatable bonds is 6. The maximum Gasteiger partial charge on any atom is 0.256 e. The van der Waals surface area contributed by atoms with Gasteiger partial charge >= 0.3 is 0 Å². The van der Waals surface area contributed by atoms with E-state index in [9.17, 15) is 9.59 Å². The van der Waals surface area contributed by atoms with Gasteiger partial charge in [-0.25, -0.2) is 0 Å². The lowest BCUT2D eigenvalue weighted by Gasteiger charge is -2.32. The molecule has 0 aromatic heterocycles. The summed E-state index contributed by atoms with van der Waals surface area (Å²) in [7, 11) is 0. The Hall–Kier alpha value is -2.47. The highest BCUT2D eigenvalue weighted by molar-refractivity contribution is 8.00. The molecule has 6 heteroatoms. The van der Waals surface area contributed by atoms with Gasteiger partial charge in [0.2, 0.25) is 5.91 Å². The largest absolute Gasteiger partial charge is 0.372 e. The fourth-order valence-corrected chi connectivity index (χ4v) is 3.94. The number of piperidine rings is 1. The van der Waals surface area contributed by atoms with Gasteiger partial charge in [0, 0.05) is 29.4 Å². The zero-order valence-corrected chi connectivity index (χ0v) is 16.3. The van der Waals surface area contributed by atoms with Gasteiger partial charge in [0.25, 0.3) is 5.91 Å². The number of carbonyl (C=O) groups excluding carboxylic acids is 2. The van der Waals surface area contributed by atoms with Gasteiger partial charge in [-0.05, 0) is 55.2 Å². The molecule has 142 valence electrons. The van der Waals surface area contributed by atoms with E-state index < -0.39 is 5.91 Å². The highest BCUT2D eigenvalue weighted by Crippen LogP contribution is 2.26. The van der Waals surface area contributed by atoms with Crippen molar-refractivity contribution in [2.24, 2.45) is 11.7 Å². The first-order valence-corrected chi connectivity index (χ1v) is 10.2. The topological polar surface area (TPSA) is 75.4 Å². The number of nitrogens with one attached hydrogen (secondary N) is 1. The van der Waals surface area contributed by atoms with Crippen LogP contribution in [0.4, 0.5) is 11.4 Å². The molecule has 0 unspecified atom stereocenters. The third-order valence-corrected chi connectivity index (χ3v) is 5.87. The third-order valence-electron chi connectivity index (χ3n) is 4.78. The lowest BCUT2D eigenvalue weighted by Crippen LogP contribution is -2.32. The fourth-order valence-electron chi connectivity index (χ4n) is 3.15. The van der Waals surface area contributed by atoms with Crippen molar-refractivity contribution < 1.29 is 9.59 Å². The van der Waals surface area contributed by atoms with E-state index in [1.54, 1.807) is 6.07 Å². The highest BCUT2D eigenvalue weighted by Gasteiger charge is 2.16. The van der Waals surface area contributed by atoms with Gasteiger partial charge in [-0.3, -0.25) is 9.59 Å². The van der Waals surface area contributed by atoms with Gasteiger partial charge in [-0.15, -0.1) is 11.8 Å². The predicted molar refractivity (Wildman–Crippen MR) is 111 cm³/mol. The molecule has 2 aromatic carbocycles. The minimum atomic E-state index is -0.405. The maximum atomic E-state index is 12.7. The summed E-state index contributed by atoms with van der Waals surface area (Å²) >= 11 is 1.27. The van der Waals surface area contributed by atoms with Crippen LogP contribution in [0.1, 0.15) is 30.1 Å². The number of hydrogen-bond donors (Lipinski definition) is 2. The molecule has 1 aliphatic rings. The van der Waals surface area contributed by atoms with Crippen LogP contribution in [-0.2, 0) is 4.79 Å². The summed E-state index contributed by atoms with van der Waals surface area (Å²) in [6.45, 7) is 4.46. The Balaban J connectivity index is 1.65. The van der Waals surface area contributed by atoms with Crippen molar-refractivity contribution in [3.63, 3.8) is 0 Å². The van der Waals surface area contributed by atoms with Crippen LogP contribution in [-0.4, -0.2) is 30.7 Å². The summed E-state index contributed by atoms with van der Waals surface area (Å²) in [5, 5.41) is 2.94. The average Bonchev–Trinajstić information content (AvgIpc) is 2.68. The van der Waals surface area contributed by atoms with Crippen LogP contribution in [0.25, 0.3) is 0 Å². The lowest BCUT2D eigenvalue weighted by atomic mass is 9.99. The Morgan fingerprint density at radius 1 is 1.11 bits per heavy atom. The number of thioether (sulfide) groups is 1. The van der Waals surface area contributed by atoms with Crippen molar-refractivity contribution in [1.29, 1.82) is 0 Å². The van der Waals surface area contributed by atoms with Gasteiger partial charge in [-0.2, -0.15) is 0 Å². The van der Waals surface area contributed by atoms with Gasteiger partial charge in [0.15, 0.2) is 0 Å². The molecule has 3 rings (SSSR count). The Morgan fingerprint density at radius 3 is 2.44 bits per heavy atom. The second kappa shape index (κ2) is 8.95. The van der Waals surface area contributed by atoms with E-state index in [2.05, 4.69) is 29.3 Å². The molecular weight excluding hydrogens is 358 g/mol. The highest BCUT2D eigenvalue weighted by atomic mass is 32.2. The number of benzene rings is 2. The van der Waals surface area contributed by atoms with Crippen LogP contribution in [0.2, 0.25) is 0 Å². The SMILES string of the molecule is CC1CCN(c2ccc(NC(=O)c3ccccc3SCC(N)=O)cc2)CC1. The molecule has 1 aliphatic heterocycles. The number of nitrogens with two attached hydrogens (primary N) is 1. The van der Waals surface area contributed by atoms with Gasteiger partial charge in [0.05, 0.1) is 11.3 Å².